The Morgan fingerprint density at radius 1 is 1.11 bits per heavy atom. The Bertz CT molecular complexity index is 564. The smallest absolute Gasteiger partial charge is 0.231 e. The van der Waals surface area contributed by atoms with Crippen molar-refractivity contribution in [1.82, 2.24) is 0 Å². The van der Waals surface area contributed by atoms with E-state index in [9.17, 15) is 0 Å². The van der Waals surface area contributed by atoms with Gasteiger partial charge in [0.2, 0.25) is 6.79 Å². The average Bonchev–Trinajstić information content (AvgIpc) is 3.06. The molecule has 2 heterocycles. The number of hydrogen-bond donors (Lipinski definition) is 1. The highest BCUT2D eigenvalue weighted by atomic mass is 16.7. The summed E-state index contributed by atoms with van der Waals surface area (Å²) < 4.78 is 21.5. The molecule has 0 fully saturated rings. The summed E-state index contributed by atoms with van der Waals surface area (Å²) in [6.07, 6.45) is 1.63. The lowest BCUT2D eigenvalue weighted by molar-refractivity contribution is 0.0921. The molecule has 0 aliphatic carbocycles. The molecule has 0 unspecified atom stereocenters. The quantitative estimate of drug-likeness (QED) is 0.893. The summed E-state index contributed by atoms with van der Waals surface area (Å²) in [5, 5.41) is 0. The molecule has 0 spiro atoms. The molecule has 1 aromatic carbocycles. The topological polar surface area (TPSA) is 66.9 Å². The molecule has 100 valence electrons. The van der Waals surface area contributed by atoms with Crippen LogP contribution in [0.5, 0.6) is 11.5 Å². The van der Waals surface area contributed by atoms with Gasteiger partial charge in [0.15, 0.2) is 11.5 Å². The maximum Gasteiger partial charge on any atom is 0.231 e. The Balaban J connectivity index is 1.58. The summed E-state index contributed by atoms with van der Waals surface area (Å²) in [6.45, 7) is 1.64. The van der Waals surface area contributed by atoms with Crippen molar-refractivity contribution in [2.24, 2.45) is 5.73 Å². The van der Waals surface area contributed by atoms with Crippen molar-refractivity contribution in [1.29, 1.82) is 0 Å². The van der Waals surface area contributed by atoms with Crippen molar-refractivity contribution in [2.45, 2.75) is 19.8 Å². The van der Waals surface area contributed by atoms with Crippen LogP contribution in [0, 0.1) is 0 Å². The van der Waals surface area contributed by atoms with E-state index < -0.39 is 0 Å². The lowest BCUT2D eigenvalue weighted by Crippen LogP contribution is -2.00. The van der Waals surface area contributed by atoms with Crippen LogP contribution < -0.4 is 15.2 Å². The Morgan fingerprint density at radius 3 is 2.89 bits per heavy atom. The molecule has 1 aliphatic rings. The normalized spacial score (nSPS) is 12.9. The molecular formula is C14H15NO4. The molecule has 2 N–H and O–H groups in total. The van der Waals surface area contributed by atoms with Gasteiger partial charge in [-0.2, -0.15) is 0 Å². The molecule has 5 heteroatoms. The van der Waals surface area contributed by atoms with Gasteiger partial charge in [0, 0.05) is 12.1 Å². The Hall–Kier alpha value is -1.98. The monoisotopic (exact) mass is 261 g/mol. The highest BCUT2D eigenvalue weighted by molar-refractivity contribution is 5.44. The molecular weight excluding hydrogens is 246 g/mol. The lowest BCUT2D eigenvalue weighted by Gasteiger charge is -2.05. The third-order valence-corrected chi connectivity index (χ3v) is 3.00. The van der Waals surface area contributed by atoms with Crippen LogP contribution in [0.2, 0.25) is 0 Å². The Kier molecular flexibility index (Phi) is 3.39. The predicted octanol–water partition coefficient (Wildman–Crippen LogP) is 2.18. The van der Waals surface area contributed by atoms with Gasteiger partial charge in [0.1, 0.15) is 12.4 Å². The number of nitrogens with two attached hydrogens (primary N) is 1. The van der Waals surface area contributed by atoms with E-state index in [0.717, 1.165) is 28.4 Å². The minimum absolute atomic E-state index is 0.284. The van der Waals surface area contributed by atoms with Gasteiger partial charge < -0.3 is 24.4 Å². The first-order valence-corrected chi connectivity index (χ1v) is 6.08. The van der Waals surface area contributed by atoms with E-state index in [1.807, 2.05) is 24.3 Å². The van der Waals surface area contributed by atoms with E-state index in [4.69, 9.17) is 24.4 Å². The van der Waals surface area contributed by atoms with Gasteiger partial charge in [-0.05, 0) is 23.8 Å². The maximum atomic E-state index is 5.62. The third-order valence-electron chi connectivity index (χ3n) is 3.00. The zero-order valence-corrected chi connectivity index (χ0v) is 10.4. The largest absolute Gasteiger partial charge is 0.467 e. The molecule has 0 amide bonds. The molecule has 0 radical (unpaired) electrons. The molecule has 5 nitrogen and oxygen atoms in total. The van der Waals surface area contributed by atoms with Crippen molar-refractivity contribution in [3.63, 3.8) is 0 Å². The molecule has 0 bridgehead atoms. The van der Waals surface area contributed by atoms with Crippen molar-refractivity contribution in [3.05, 3.63) is 47.4 Å². The molecule has 0 atom stereocenters. The highest BCUT2D eigenvalue weighted by Crippen LogP contribution is 2.32. The van der Waals surface area contributed by atoms with Crippen LogP contribution in [0.3, 0.4) is 0 Å². The van der Waals surface area contributed by atoms with Crippen molar-refractivity contribution < 1.29 is 18.6 Å². The molecule has 1 aliphatic heterocycles. The van der Waals surface area contributed by atoms with Crippen LogP contribution in [0.25, 0.3) is 0 Å². The fourth-order valence-electron chi connectivity index (χ4n) is 1.97. The summed E-state index contributed by atoms with van der Waals surface area (Å²) in [5.74, 6) is 2.32. The van der Waals surface area contributed by atoms with Crippen molar-refractivity contribution >= 4 is 0 Å². The van der Waals surface area contributed by atoms with Gasteiger partial charge in [-0.25, -0.2) is 0 Å². The molecule has 1 aromatic heterocycles. The summed E-state index contributed by atoms with van der Waals surface area (Å²) in [4.78, 5) is 0. The second kappa shape index (κ2) is 5.34. The number of rotatable bonds is 5. The fraction of sp³-hybridized carbons (Fsp3) is 0.286. The first-order chi connectivity index (χ1) is 9.36. The molecule has 0 saturated heterocycles. The first-order valence-electron chi connectivity index (χ1n) is 6.08. The highest BCUT2D eigenvalue weighted by Gasteiger charge is 2.13. The minimum atomic E-state index is 0.284. The van der Waals surface area contributed by atoms with E-state index in [0.29, 0.717) is 19.8 Å². The second-order valence-electron chi connectivity index (χ2n) is 4.25. The van der Waals surface area contributed by atoms with Crippen LogP contribution in [0.15, 0.2) is 34.9 Å². The van der Waals surface area contributed by atoms with Gasteiger partial charge >= 0.3 is 0 Å². The van der Waals surface area contributed by atoms with E-state index in [1.165, 1.54) is 0 Å². The predicted molar refractivity (Wildman–Crippen MR) is 67.7 cm³/mol. The standard InChI is InChI=1S/C14H15NO4/c15-6-11-3-4-17-14(11)8-16-7-10-1-2-12-13(5-10)19-9-18-12/h1-5H,6-9,15H2. The summed E-state index contributed by atoms with van der Waals surface area (Å²) >= 11 is 0. The van der Waals surface area contributed by atoms with Gasteiger partial charge in [-0.1, -0.05) is 6.07 Å². The zero-order valence-electron chi connectivity index (χ0n) is 10.4. The number of fused-ring (bicyclic) bond motifs is 1. The van der Waals surface area contributed by atoms with Crippen LogP contribution in [-0.2, 0) is 24.5 Å². The van der Waals surface area contributed by atoms with Gasteiger partial charge in [-0.3, -0.25) is 0 Å². The number of hydrogen-bond acceptors (Lipinski definition) is 5. The van der Waals surface area contributed by atoms with Gasteiger partial charge in [-0.15, -0.1) is 0 Å². The molecule has 3 rings (SSSR count). The van der Waals surface area contributed by atoms with E-state index in [1.54, 1.807) is 6.26 Å². The van der Waals surface area contributed by atoms with E-state index in [2.05, 4.69) is 0 Å². The second-order valence-corrected chi connectivity index (χ2v) is 4.25. The number of ether oxygens (including phenoxy) is 3. The molecule has 19 heavy (non-hydrogen) atoms. The van der Waals surface area contributed by atoms with Crippen molar-refractivity contribution in [2.75, 3.05) is 6.79 Å². The number of furan rings is 1. The zero-order chi connectivity index (χ0) is 13.1. The average molecular weight is 261 g/mol. The minimum Gasteiger partial charge on any atom is -0.467 e. The van der Waals surface area contributed by atoms with Crippen molar-refractivity contribution in [3.8, 4) is 11.5 Å². The SMILES string of the molecule is NCc1ccoc1COCc1ccc2c(c1)OCO2. The van der Waals surface area contributed by atoms with E-state index in [-0.39, 0.29) is 6.79 Å². The van der Waals surface area contributed by atoms with Crippen LogP contribution in [0.1, 0.15) is 16.9 Å². The maximum absolute atomic E-state index is 5.62. The van der Waals surface area contributed by atoms with Gasteiger partial charge in [0.05, 0.1) is 12.9 Å². The Morgan fingerprint density at radius 2 is 2.00 bits per heavy atom. The summed E-state index contributed by atoms with van der Waals surface area (Å²) in [6, 6.07) is 7.63. The third kappa shape index (κ3) is 2.57. The first kappa shape index (κ1) is 12.1. The fourth-order valence-corrected chi connectivity index (χ4v) is 1.97. The van der Waals surface area contributed by atoms with Gasteiger partial charge in [0.25, 0.3) is 0 Å². The van der Waals surface area contributed by atoms with Crippen LogP contribution in [0.4, 0.5) is 0 Å². The molecule has 0 saturated carbocycles. The molecule has 2 aromatic rings. The van der Waals surface area contributed by atoms with Crippen LogP contribution >= 0.6 is 0 Å². The Labute approximate surface area is 110 Å². The lowest BCUT2D eigenvalue weighted by atomic mass is 10.2. The summed E-state index contributed by atoms with van der Waals surface area (Å²) in [7, 11) is 0. The van der Waals surface area contributed by atoms with Crippen LogP contribution in [-0.4, -0.2) is 6.79 Å². The summed E-state index contributed by atoms with van der Waals surface area (Å²) in [5.41, 5.74) is 7.60. The number of benzene rings is 1. The van der Waals surface area contributed by atoms with E-state index >= 15 is 0 Å².